The summed E-state index contributed by atoms with van der Waals surface area (Å²) in [6.45, 7) is 0. The summed E-state index contributed by atoms with van der Waals surface area (Å²) in [6.07, 6.45) is 0. The third kappa shape index (κ3) is 6.52. The van der Waals surface area contributed by atoms with E-state index in [1.807, 2.05) is 30.3 Å². The summed E-state index contributed by atoms with van der Waals surface area (Å²) < 4.78 is 20.7. The van der Waals surface area contributed by atoms with Crippen LogP contribution in [-0.2, 0) is 0 Å². The fourth-order valence-corrected chi connectivity index (χ4v) is 10.3. The lowest BCUT2D eigenvalue weighted by molar-refractivity contribution is 0.487. The van der Waals surface area contributed by atoms with Gasteiger partial charge >= 0.3 is 0 Å². The van der Waals surface area contributed by atoms with Crippen molar-refractivity contribution in [2.75, 3.05) is 9.80 Å². The van der Waals surface area contributed by atoms with Gasteiger partial charge in [-0.1, -0.05) is 109 Å². The molecule has 0 saturated heterocycles. The third-order valence-corrected chi connectivity index (χ3v) is 13.2. The van der Waals surface area contributed by atoms with E-state index in [0.717, 1.165) is 76.6 Å². The molecule has 3 heterocycles. The molecule has 0 aliphatic carbocycles. The average Bonchev–Trinajstić information content (AvgIpc) is 4.00. The van der Waals surface area contributed by atoms with E-state index in [4.69, 9.17) is 4.74 Å². The number of para-hydroxylation sites is 2. The quantitative estimate of drug-likeness (QED) is 0.144. The topological polar surface area (TPSA) is 15.7 Å². The monoisotopic (exact) mass is 810 g/mol. The molecule has 8 aromatic carbocycles. The molecule has 0 fully saturated rings. The third-order valence-electron chi connectivity index (χ3n) is 11.0. The van der Waals surface area contributed by atoms with Crippen LogP contribution in [0.2, 0.25) is 0 Å². The minimum atomic E-state index is -0.256. The van der Waals surface area contributed by atoms with Crippen molar-refractivity contribution in [3.8, 4) is 54.6 Å². The van der Waals surface area contributed by atoms with E-state index in [1.54, 1.807) is 22.7 Å². The van der Waals surface area contributed by atoms with E-state index in [2.05, 4.69) is 180 Å². The molecule has 10 aromatic rings. The number of ether oxygens (including phenoxy) is 1. The molecule has 60 heavy (non-hydrogen) atoms. The number of benzene rings is 8. The van der Waals surface area contributed by atoms with Gasteiger partial charge in [-0.3, -0.25) is 0 Å². The van der Waals surface area contributed by atoms with E-state index in [-0.39, 0.29) is 5.82 Å². The summed E-state index contributed by atoms with van der Waals surface area (Å²) in [5, 5.41) is 4.46. The van der Waals surface area contributed by atoms with Crippen LogP contribution >= 0.6 is 22.7 Å². The second-order valence-electron chi connectivity index (χ2n) is 14.7. The SMILES string of the molecule is Fc1ccc(N(c2ccccc2)c2ccc(-c3ccc4c(c3)Oc3cccc5c(-c6ccc(N(c7ccccc7)c7ccc(-c8ccccc8)cc7)s6)ccc-4c35)s2)cc1. The number of hydrogen-bond acceptors (Lipinski definition) is 5. The van der Waals surface area contributed by atoms with Crippen LogP contribution in [0.25, 0.3) is 53.9 Å². The zero-order chi connectivity index (χ0) is 40.0. The van der Waals surface area contributed by atoms with Gasteiger partial charge in [0.2, 0.25) is 0 Å². The lowest BCUT2D eigenvalue weighted by Crippen LogP contribution is -2.07. The smallest absolute Gasteiger partial charge is 0.135 e. The first kappa shape index (κ1) is 35.9. The molecular weight excluding hydrogens is 776 g/mol. The number of nitrogens with zero attached hydrogens (tertiary/aromatic N) is 2. The van der Waals surface area contributed by atoms with Crippen molar-refractivity contribution in [3.05, 3.63) is 218 Å². The fourth-order valence-electron chi connectivity index (χ4n) is 8.18. The first-order valence-electron chi connectivity index (χ1n) is 19.8. The molecule has 6 heteroatoms. The van der Waals surface area contributed by atoms with Crippen molar-refractivity contribution < 1.29 is 9.13 Å². The minimum absolute atomic E-state index is 0.256. The molecule has 0 spiro atoms. The molecule has 2 aromatic heterocycles. The lowest BCUT2D eigenvalue weighted by atomic mass is 9.91. The normalized spacial score (nSPS) is 11.6. The Bertz CT molecular complexity index is 3130. The Hall–Kier alpha value is -7.25. The van der Waals surface area contributed by atoms with Gasteiger partial charge in [0.1, 0.15) is 27.3 Å². The van der Waals surface area contributed by atoms with Crippen molar-refractivity contribution in [2.45, 2.75) is 0 Å². The van der Waals surface area contributed by atoms with Crippen LogP contribution in [0.4, 0.5) is 37.1 Å². The van der Waals surface area contributed by atoms with Crippen molar-refractivity contribution in [1.82, 2.24) is 0 Å². The molecule has 3 nitrogen and oxygen atoms in total. The number of fused-ring (bicyclic) bond motifs is 2. The maximum Gasteiger partial charge on any atom is 0.135 e. The molecule has 0 amide bonds. The number of rotatable bonds is 9. The Morgan fingerprint density at radius 3 is 1.55 bits per heavy atom. The first-order chi connectivity index (χ1) is 29.6. The van der Waals surface area contributed by atoms with Crippen LogP contribution in [-0.4, -0.2) is 0 Å². The highest BCUT2D eigenvalue weighted by molar-refractivity contribution is 7.20. The van der Waals surface area contributed by atoms with Gasteiger partial charge in [0.15, 0.2) is 0 Å². The molecule has 0 bridgehead atoms. The molecule has 0 atom stereocenters. The van der Waals surface area contributed by atoms with Gasteiger partial charge in [-0.15, -0.1) is 22.7 Å². The Morgan fingerprint density at radius 2 is 0.883 bits per heavy atom. The predicted octanol–water partition coefficient (Wildman–Crippen LogP) is 16.8. The van der Waals surface area contributed by atoms with Gasteiger partial charge in [0, 0.05) is 43.5 Å². The zero-order valence-corrected chi connectivity index (χ0v) is 33.8. The molecule has 286 valence electrons. The van der Waals surface area contributed by atoms with Gasteiger partial charge in [-0.2, -0.15) is 0 Å². The highest BCUT2D eigenvalue weighted by atomic mass is 32.1. The van der Waals surface area contributed by atoms with E-state index in [0.29, 0.717) is 0 Å². The Morgan fingerprint density at radius 1 is 0.367 bits per heavy atom. The van der Waals surface area contributed by atoms with Gasteiger partial charge in [0.25, 0.3) is 0 Å². The predicted molar refractivity (Wildman–Crippen MR) is 251 cm³/mol. The summed E-state index contributed by atoms with van der Waals surface area (Å²) in [4.78, 5) is 6.80. The van der Waals surface area contributed by atoms with Gasteiger partial charge in [-0.25, -0.2) is 4.39 Å². The maximum absolute atomic E-state index is 13.9. The Kier molecular flexibility index (Phi) is 9.07. The Labute approximate surface area is 356 Å². The zero-order valence-electron chi connectivity index (χ0n) is 32.2. The Balaban J connectivity index is 0.924. The van der Waals surface area contributed by atoms with Gasteiger partial charge < -0.3 is 14.5 Å². The molecule has 0 saturated carbocycles. The van der Waals surface area contributed by atoms with Crippen LogP contribution in [0, 0.1) is 5.82 Å². The second kappa shape index (κ2) is 15.2. The van der Waals surface area contributed by atoms with Crippen molar-refractivity contribution in [3.63, 3.8) is 0 Å². The van der Waals surface area contributed by atoms with Crippen molar-refractivity contribution in [2.24, 2.45) is 0 Å². The molecule has 1 aliphatic rings. The standard InChI is InChI=1S/C54H35FN2OS2/c55-39-22-26-43(27-23-39)57(41-15-8-3-9-16-41)52-33-31-50(59-52)38-21-28-44-47-30-29-45(46-17-10-18-48(54(46)47)58-49(44)35-38)51-32-34-53(60-51)56(40-13-6-2-7-14-40)42-24-19-37(20-25-42)36-11-4-1-5-12-36/h1-35H. The van der Waals surface area contributed by atoms with Crippen LogP contribution in [0.3, 0.4) is 0 Å². The van der Waals surface area contributed by atoms with E-state index in [1.165, 1.54) is 33.7 Å². The van der Waals surface area contributed by atoms with Crippen LogP contribution in [0.1, 0.15) is 0 Å². The number of anilines is 6. The van der Waals surface area contributed by atoms with Gasteiger partial charge in [-0.05, 0) is 136 Å². The van der Waals surface area contributed by atoms with Crippen LogP contribution < -0.4 is 14.5 Å². The maximum atomic E-state index is 13.9. The summed E-state index contributed by atoms with van der Waals surface area (Å²) in [5.74, 6) is 1.44. The van der Waals surface area contributed by atoms with E-state index < -0.39 is 0 Å². The number of hydrogen-bond donors (Lipinski definition) is 0. The number of halogens is 1. The molecular formula is C54H35FN2OS2. The summed E-state index contributed by atoms with van der Waals surface area (Å²) in [5.41, 5.74) is 11.0. The first-order valence-corrected chi connectivity index (χ1v) is 21.5. The molecule has 0 N–H and O–H groups in total. The number of thiophene rings is 2. The summed E-state index contributed by atoms with van der Waals surface area (Å²) in [7, 11) is 0. The van der Waals surface area contributed by atoms with Crippen molar-refractivity contribution in [1.29, 1.82) is 0 Å². The molecule has 1 aliphatic heterocycles. The summed E-state index contributed by atoms with van der Waals surface area (Å²) >= 11 is 3.48. The van der Waals surface area contributed by atoms with E-state index in [9.17, 15) is 4.39 Å². The van der Waals surface area contributed by atoms with E-state index >= 15 is 0 Å². The highest BCUT2D eigenvalue weighted by Gasteiger charge is 2.24. The second-order valence-corrected chi connectivity index (χ2v) is 16.8. The largest absolute Gasteiger partial charge is 0.456 e. The van der Waals surface area contributed by atoms with Gasteiger partial charge in [0.05, 0.1) is 0 Å². The molecule has 11 rings (SSSR count). The highest BCUT2D eigenvalue weighted by Crippen LogP contribution is 2.52. The van der Waals surface area contributed by atoms with Crippen molar-refractivity contribution >= 4 is 66.2 Å². The van der Waals surface area contributed by atoms with Crippen LogP contribution in [0.5, 0.6) is 11.5 Å². The molecule has 0 unspecified atom stereocenters. The average molecular weight is 811 g/mol. The fraction of sp³-hybridized carbons (Fsp3) is 0. The van der Waals surface area contributed by atoms with Crippen LogP contribution in [0.15, 0.2) is 212 Å². The lowest BCUT2D eigenvalue weighted by Gasteiger charge is -2.24. The summed E-state index contributed by atoms with van der Waals surface area (Å²) in [6, 6.07) is 72.9. The minimum Gasteiger partial charge on any atom is -0.456 e. The molecule has 0 radical (unpaired) electrons.